The third-order valence-electron chi connectivity index (χ3n) is 4.11. The number of hydrogen-bond acceptors (Lipinski definition) is 2. The largest absolute Gasteiger partial charge is 0.481 e. The van der Waals surface area contributed by atoms with Crippen LogP contribution in [0.3, 0.4) is 0 Å². The van der Waals surface area contributed by atoms with Crippen molar-refractivity contribution in [3.63, 3.8) is 0 Å². The van der Waals surface area contributed by atoms with Gasteiger partial charge in [0.05, 0.1) is 5.92 Å². The highest BCUT2D eigenvalue weighted by Gasteiger charge is 2.29. The predicted molar refractivity (Wildman–Crippen MR) is 71.3 cm³/mol. The van der Waals surface area contributed by atoms with Crippen LogP contribution < -0.4 is 0 Å². The molecule has 3 nitrogen and oxygen atoms in total. The van der Waals surface area contributed by atoms with Crippen LogP contribution in [0.5, 0.6) is 0 Å². The van der Waals surface area contributed by atoms with Crippen LogP contribution in [0.25, 0.3) is 0 Å². The van der Waals surface area contributed by atoms with Crippen LogP contribution in [0.4, 0.5) is 0 Å². The van der Waals surface area contributed by atoms with Crippen LogP contribution in [-0.2, 0) is 9.59 Å². The average molecular weight is 254 g/mol. The van der Waals surface area contributed by atoms with Crippen molar-refractivity contribution in [3.8, 4) is 0 Å². The van der Waals surface area contributed by atoms with Gasteiger partial charge in [-0.15, -0.1) is 0 Å². The van der Waals surface area contributed by atoms with Crippen molar-refractivity contribution in [2.45, 2.75) is 59.3 Å². The number of rotatable bonds is 6. The SMILES string of the molecule is CC(C)CC(=O)CC(C)C1CCC(C(=O)O)CC1. The number of Topliss-reactive ketones (excluding diaryl/α,β-unsaturated/α-hetero) is 1. The van der Waals surface area contributed by atoms with E-state index < -0.39 is 5.97 Å². The van der Waals surface area contributed by atoms with Crippen LogP contribution in [0.2, 0.25) is 0 Å². The Kier molecular flexibility index (Phi) is 5.83. The first-order valence-electron chi connectivity index (χ1n) is 7.14. The van der Waals surface area contributed by atoms with Gasteiger partial charge in [-0.1, -0.05) is 20.8 Å². The van der Waals surface area contributed by atoms with E-state index in [0.29, 0.717) is 36.4 Å². The maximum atomic E-state index is 11.8. The molecule has 104 valence electrons. The molecule has 0 spiro atoms. The van der Waals surface area contributed by atoms with Gasteiger partial charge in [-0.05, 0) is 43.4 Å². The van der Waals surface area contributed by atoms with Gasteiger partial charge in [0.1, 0.15) is 5.78 Å². The molecule has 1 rings (SSSR count). The fourth-order valence-corrected chi connectivity index (χ4v) is 3.00. The Morgan fingerprint density at radius 2 is 1.61 bits per heavy atom. The number of carbonyl (C=O) groups is 2. The monoisotopic (exact) mass is 254 g/mol. The van der Waals surface area contributed by atoms with Crippen molar-refractivity contribution >= 4 is 11.8 Å². The zero-order valence-electron chi connectivity index (χ0n) is 11.8. The summed E-state index contributed by atoms with van der Waals surface area (Å²) in [6.07, 6.45) is 4.83. The lowest BCUT2D eigenvalue weighted by atomic mass is 9.75. The topological polar surface area (TPSA) is 54.4 Å². The van der Waals surface area contributed by atoms with Crippen molar-refractivity contribution in [3.05, 3.63) is 0 Å². The first-order valence-corrected chi connectivity index (χ1v) is 7.14. The minimum absolute atomic E-state index is 0.153. The molecular formula is C15H26O3. The fraction of sp³-hybridized carbons (Fsp3) is 0.867. The average Bonchev–Trinajstić information content (AvgIpc) is 2.27. The van der Waals surface area contributed by atoms with Gasteiger partial charge in [-0.25, -0.2) is 0 Å². The molecule has 18 heavy (non-hydrogen) atoms. The fourth-order valence-electron chi connectivity index (χ4n) is 3.00. The Morgan fingerprint density at radius 3 is 2.06 bits per heavy atom. The quantitative estimate of drug-likeness (QED) is 0.789. The van der Waals surface area contributed by atoms with Crippen LogP contribution in [0.1, 0.15) is 59.3 Å². The van der Waals surface area contributed by atoms with Gasteiger partial charge in [-0.3, -0.25) is 9.59 Å². The number of hydrogen-bond donors (Lipinski definition) is 1. The minimum atomic E-state index is -0.656. The number of carbonyl (C=O) groups excluding carboxylic acids is 1. The Morgan fingerprint density at radius 1 is 1.06 bits per heavy atom. The minimum Gasteiger partial charge on any atom is -0.481 e. The number of carboxylic acids is 1. The zero-order valence-corrected chi connectivity index (χ0v) is 11.8. The third-order valence-corrected chi connectivity index (χ3v) is 4.11. The zero-order chi connectivity index (χ0) is 13.7. The lowest BCUT2D eigenvalue weighted by Gasteiger charge is -2.30. The molecule has 0 aromatic carbocycles. The van der Waals surface area contributed by atoms with Crippen LogP contribution >= 0.6 is 0 Å². The van der Waals surface area contributed by atoms with Crippen LogP contribution in [-0.4, -0.2) is 16.9 Å². The molecule has 1 saturated carbocycles. The molecule has 0 amide bonds. The molecule has 0 radical (unpaired) electrons. The first kappa shape index (κ1) is 15.2. The molecule has 1 atom stereocenters. The normalized spacial score (nSPS) is 26.0. The van der Waals surface area contributed by atoms with E-state index in [1.165, 1.54) is 0 Å². The smallest absolute Gasteiger partial charge is 0.306 e. The Hall–Kier alpha value is -0.860. The van der Waals surface area contributed by atoms with E-state index >= 15 is 0 Å². The molecule has 0 saturated heterocycles. The van der Waals surface area contributed by atoms with E-state index in [-0.39, 0.29) is 5.92 Å². The lowest BCUT2D eigenvalue weighted by molar-refractivity contribution is -0.143. The lowest BCUT2D eigenvalue weighted by Crippen LogP contribution is -2.25. The van der Waals surface area contributed by atoms with Crippen molar-refractivity contribution in [2.24, 2.45) is 23.7 Å². The van der Waals surface area contributed by atoms with E-state index in [0.717, 1.165) is 25.7 Å². The van der Waals surface area contributed by atoms with E-state index in [9.17, 15) is 9.59 Å². The summed E-state index contributed by atoms with van der Waals surface area (Å²) >= 11 is 0. The van der Waals surface area contributed by atoms with Crippen molar-refractivity contribution in [2.75, 3.05) is 0 Å². The highest BCUT2D eigenvalue weighted by Crippen LogP contribution is 2.35. The molecule has 0 heterocycles. The first-order chi connectivity index (χ1) is 8.40. The number of carboxylic acid groups (broad SMARTS) is 1. The highest BCUT2D eigenvalue weighted by molar-refractivity contribution is 5.78. The molecule has 1 unspecified atom stereocenters. The summed E-state index contributed by atoms with van der Waals surface area (Å²) < 4.78 is 0. The number of ketones is 1. The summed E-state index contributed by atoms with van der Waals surface area (Å²) in [7, 11) is 0. The predicted octanol–water partition coefficient (Wildman–Crippen LogP) is 3.52. The summed E-state index contributed by atoms with van der Waals surface area (Å²) in [6, 6.07) is 0. The van der Waals surface area contributed by atoms with Gasteiger partial charge in [0, 0.05) is 12.8 Å². The van der Waals surface area contributed by atoms with Crippen molar-refractivity contribution in [1.82, 2.24) is 0 Å². The molecule has 1 N–H and O–H groups in total. The Bertz CT molecular complexity index is 288. The molecule has 1 aliphatic carbocycles. The summed E-state index contributed by atoms with van der Waals surface area (Å²) in [5.74, 6) is 0.935. The van der Waals surface area contributed by atoms with Gasteiger partial charge >= 0.3 is 5.97 Å². The van der Waals surface area contributed by atoms with Crippen LogP contribution in [0.15, 0.2) is 0 Å². The van der Waals surface area contributed by atoms with Gasteiger partial charge in [0.2, 0.25) is 0 Å². The molecular weight excluding hydrogens is 228 g/mol. The molecule has 3 heteroatoms. The van der Waals surface area contributed by atoms with Gasteiger partial charge in [0.15, 0.2) is 0 Å². The molecule has 1 fully saturated rings. The Labute approximate surface area is 110 Å². The second-order valence-corrected chi connectivity index (χ2v) is 6.27. The van der Waals surface area contributed by atoms with E-state index in [4.69, 9.17) is 5.11 Å². The maximum Gasteiger partial charge on any atom is 0.306 e. The molecule has 1 aliphatic rings. The Balaban J connectivity index is 2.33. The molecule has 0 aliphatic heterocycles. The highest BCUT2D eigenvalue weighted by atomic mass is 16.4. The standard InChI is InChI=1S/C15H26O3/c1-10(2)8-14(16)9-11(3)12-4-6-13(7-5-12)15(17)18/h10-13H,4-9H2,1-3H3,(H,17,18). The molecule has 0 bridgehead atoms. The third kappa shape index (κ3) is 4.79. The summed E-state index contributed by atoms with van der Waals surface area (Å²) in [5.41, 5.74) is 0. The molecule has 0 aromatic rings. The summed E-state index contributed by atoms with van der Waals surface area (Å²) in [4.78, 5) is 22.7. The van der Waals surface area contributed by atoms with E-state index in [1.807, 2.05) is 0 Å². The van der Waals surface area contributed by atoms with Crippen molar-refractivity contribution < 1.29 is 14.7 Å². The molecule has 0 aromatic heterocycles. The van der Waals surface area contributed by atoms with Crippen molar-refractivity contribution in [1.29, 1.82) is 0 Å². The maximum absolute atomic E-state index is 11.8. The van der Waals surface area contributed by atoms with E-state index in [1.54, 1.807) is 0 Å². The van der Waals surface area contributed by atoms with Gasteiger partial charge in [-0.2, -0.15) is 0 Å². The van der Waals surface area contributed by atoms with Gasteiger partial charge < -0.3 is 5.11 Å². The van der Waals surface area contributed by atoms with Crippen LogP contribution in [0, 0.1) is 23.7 Å². The van der Waals surface area contributed by atoms with Gasteiger partial charge in [0.25, 0.3) is 0 Å². The second kappa shape index (κ2) is 6.91. The number of aliphatic carboxylic acids is 1. The second-order valence-electron chi connectivity index (χ2n) is 6.27. The van der Waals surface area contributed by atoms with E-state index in [2.05, 4.69) is 20.8 Å². The summed E-state index contributed by atoms with van der Waals surface area (Å²) in [6.45, 7) is 6.28. The summed E-state index contributed by atoms with van der Waals surface area (Å²) in [5, 5.41) is 8.95.